The molecule has 0 aliphatic heterocycles. The number of nitriles is 1. The molecule has 0 aliphatic rings. The fraction of sp³-hybridized carbons (Fsp3) is 0.172. The first-order valence-corrected chi connectivity index (χ1v) is 12.4. The van der Waals surface area contributed by atoms with Crippen molar-refractivity contribution in [2.45, 2.75) is 30.5 Å². The van der Waals surface area contributed by atoms with Crippen molar-refractivity contribution < 1.29 is 9.53 Å². The molecule has 180 valence electrons. The minimum Gasteiger partial charge on any atom is -0.497 e. The zero-order chi connectivity index (χ0) is 25.5. The zero-order valence-electron chi connectivity index (χ0n) is 20.4. The maximum absolute atomic E-state index is 13.1. The second-order valence-electron chi connectivity index (χ2n) is 8.18. The number of hydrogen-bond acceptors (Lipinski definition) is 6. The Morgan fingerprint density at radius 2 is 1.72 bits per heavy atom. The van der Waals surface area contributed by atoms with Crippen LogP contribution in [0.4, 0.5) is 5.69 Å². The number of nitrogens with zero attached hydrogens (tertiary/aromatic N) is 3. The number of pyridine rings is 2. The number of rotatable bonds is 8. The van der Waals surface area contributed by atoms with E-state index in [-0.39, 0.29) is 5.91 Å². The number of benzene rings is 2. The van der Waals surface area contributed by atoms with E-state index in [1.165, 1.54) is 11.8 Å². The molecule has 2 heterocycles. The van der Waals surface area contributed by atoms with Crippen molar-refractivity contribution in [3.05, 3.63) is 90.3 Å². The highest BCUT2D eigenvalue weighted by Crippen LogP contribution is 2.37. The summed E-state index contributed by atoms with van der Waals surface area (Å²) in [6, 6.07) is 23.5. The fourth-order valence-electron chi connectivity index (χ4n) is 3.70. The van der Waals surface area contributed by atoms with Gasteiger partial charge in [0.15, 0.2) is 0 Å². The van der Waals surface area contributed by atoms with Gasteiger partial charge in [0.05, 0.1) is 23.6 Å². The topological polar surface area (TPSA) is 87.9 Å². The largest absolute Gasteiger partial charge is 0.497 e. The van der Waals surface area contributed by atoms with E-state index >= 15 is 0 Å². The van der Waals surface area contributed by atoms with Crippen LogP contribution < -0.4 is 10.1 Å². The molecule has 0 bridgehead atoms. The Bertz CT molecular complexity index is 1380. The number of hydrogen-bond donors (Lipinski definition) is 1. The molecule has 1 unspecified atom stereocenters. The molecule has 2 aromatic heterocycles. The van der Waals surface area contributed by atoms with Gasteiger partial charge in [0, 0.05) is 29.2 Å². The van der Waals surface area contributed by atoms with E-state index in [1.54, 1.807) is 31.6 Å². The van der Waals surface area contributed by atoms with Crippen molar-refractivity contribution in [1.29, 1.82) is 5.26 Å². The van der Waals surface area contributed by atoms with Crippen LogP contribution in [0.5, 0.6) is 5.75 Å². The highest BCUT2D eigenvalue weighted by atomic mass is 32.2. The number of amides is 1. The van der Waals surface area contributed by atoms with Gasteiger partial charge in [0.1, 0.15) is 16.8 Å². The Morgan fingerprint density at radius 1 is 1.06 bits per heavy atom. The Hall–Kier alpha value is -4.15. The average molecular weight is 495 g/mol. The van der Waals surface area contributed by atoms with E-state index < -0.39 is 5.25 Å². The maximum Gasteiger partial charge on any atom is 0.237 e. The van der Waals surface area contributed by atoms with Gasteiger partial charge in [-0.15, -0.1) is 0 Å². The van der Waals surface area contributed by atoms with Crippen molar-refractivity contribution in [1.82, 2.24) is 9.97 Å². The second kappa shape index (κ2) is 11.5. The summed E-state index contributed by atoms with van der Waals surface area (Å²) in [6.45, 7) is 3.98. The number of nitrogens with one attached hydrogen (secondary N) is 1. The van der Waals surface area contributed by atoms with Crippen LogP contribution in [0, 0.1) is 18.3 Å². The molecule has 4 aromatic rings. The maximum atomic E-state index is 13.1. The van der Waals surface area contributed by atoms with E-state index in [0.717, 1.165) is 33.7 Å². The van der Waals surface area contributed by atoms with Crippen LogP contribution in [-0.2, 0) is 4.79 Å². The number of thioether (sulfide) groups is 1. The lowest BCUT2D eigenvalue weighted by Crippen LogP contribution is -2.24. The predicted octanol–water partition coefficient (Wildman–Crippen LogP) is 6.51. The van der Waals surface area contributed by atoms with Gasteiger partial charge in [-0.2, -0.15) is 5.26 Å². The summed E-state index contributed by atoms with van der Waals surface area (Å²) in [5, 5.41) is 13.2. The normalized spacial score (nSPS) is 11.4. The monoisotopic (exact) mass is 494 g/mol. The Balaban J connectivity index is 1.77. The number of carbonyl (C=O) groups excluding carboxylic acids is 1. The predicted molar refractivity (Wildman–Crippen MR) is 144 cm³/mol. The fourth-order valence-corrected chi connectivity index (χ4v) is 4.73. The first kappa shape index (κ1) is 25.0. The van der Waals surface area contributed by atoms with Crippen LogP contribution in [0.25, 0.3) is 22.4 Å². The SMILES string of the molecule is CCC(Sc1nc(-c2ccc(OC)cc2)cc(-c2ccc(C)cc2)c1C#N)C(=O)Nc1ccncc1. The highest BCUT2D eigenvalue weighted by Gasteiger charge is 2.23. The van der Waals surface area contributed by atoms with Gasteiger partial charge in [-0.3, -0.25) is 9.78 Å². The molecule has 0 saturated carbocycles. The lowest BCUT2D eigenvalue weighted by atomic mass is 9.98. The molecular weight excluding hydrogens is 468 g/mol. The molecule has 1 atom stereocenters. The number of aryl methyl sites for hydroxylation is 1. The van der Waals surface area contributed by atoms with Crippen LogP contribution >= 0.6 is 11.8 Å². The van der Waals surface area contributed by atoms with Crippen molar-refractivity contribution >= 4 is 23.4 Å². The summed E-state index contributed by atoms with van der Waals surface area (Å²) < 4.78 is 5.30. The zero-order valence-corrected chi connectivity index (χ0v) is 21.2. The third kappa shape index (κ3) is 5.73. The lowest BCUT2D eigenvalue weighted by Gasteiger charge is -2.17. The highest BCUT2D eigenvalue weighted by molar-refractivity contribution is 8.00. The number of ether oxygens (including phenoxy) is 1. The number of carbonyl (C=O) groups is 1. The van der Waals surface area contributed by atoms with E-state index in [0.29, 0.717) is 22.7 Å². The molecule has 0 radical (unpaired) electrons. The lowest BCUT2D eigenvalue weighted by molar-refractivity contribution is -0.115. The van der Waals surface area contributed by atoms with Crippen molar-refractivity contribution in [3.8, 4) is 34.2 Å². The Morgan fingerprint density at radius 3 is 2.33 bits per heavy atom. The van der Waals surface area contributed by atoms with Crippen LogP contribution in [-0.4, -0.2) is 28.2 Å². The van der Waals surface area contributed by atoms with Crippen molar-refractivity contribution in [2.24, 2.45) is 0 Å². The summed E-state index contributed by atoms with van der Waals surface area (Å²) in [5.74, 6) is 0.603. The van der Waals surface area contributed by atoms with Crippen molar-refractivity contribution in [2.75, 3.05) is 12.4 Å². The first-order chi connectivity index (χ1) is 17.5. The van der Waals surface area contributed by atoms with Gasteiger partial charge in [-0.1, -0.05) is 48.5 Å². The molecular formula is C29H26N4O2S. The van der Waals surface area contributed by atoms with Gasteiger partial charge >= 0.3 is 0 Å². The third-order valence-corrected chi connectivity index (χ3v) is 7.06. The third-order valence-electron chi connectivity index (χ3n) is 5.71. The average Bonchev–Trinajstić information content (AvgIpc) is 2.92. The quantitative estimate of drug-likeness (QED) is 0.281. The molecule has 7 heteroatoms. The summed E-state index contributed by atoms with van der Waals surface area (Å²) in [5.41, 5.74) is 5.58. The first-order valence-electron chi connectivity index (χ1n) is 11.6. The van der Waals surface area contributed by atoms with E-state index in [1.807, 2.05) is 68.4 Å². The molecule has 0 saturated heterocycles. The minimum absolute atomic E-state index is 0.147. The minimum atomic E-state index is -0.435. The molecule has 1 N–H and O–H groups in total. The summed E-state index contributed by atoms with van der Waals surface area (Å²) in [4.78, 5) is 21.9. The van der Waals surface area contributed by atoms with Gasteiger partial charge in [-0.25, -0.2) is 4.98 Å². The van der Waals surface area contributed by atoms with Gasteiger partial charge in [0.25, 0.3) is 0 Å². The van der Waals surface area contributed by atoms with E-state index in [2.05, 4.69) is 16.4 Å². The second-order valence-corrected chi connectivity index (χ2v) is 9.37. The standard InChI is InChI=1S/C29H26N4O2S/c1-4-27(28(34)32-22-13-15-31-16-14-22)36-29-25(18-30)24(20-7-5-19(2)6-8-20)17-26(33-29)21-9-11-23(35-3)12-10-21/h5-17,27H,4H2,1-3H3,(H,31,32,34). The Kier molecular flexibility index (Phi) is 7.99. The molecule has 2 aromatic carbocycles. The van der Waals surface area contributed by atoms with E-state index in [9.17, 15) is 10.1 Å². The molecule has 4 rings (SSSR count). The van der Waals surface area contributed by atoms with Gasteiger partial charge < -0.3 is 10.1 Å². The summed E-state index contributed by atoms with van der Waals surface area (Å²) in [6.07, 6.45) is 3.83. The number of aromatic nitrogens is 2. The smallest absolute Gasteiger partial charge is 0.237 e. The molecule has 36 heavy (non-hydrogen) atoms. The molecule has 0 spiro atoms. The number of anilines is 1. The van der Waals surface area contributed by atoms with Crippen LogP contribution in [0.1, 0.15) is 24.5 Å². The molecule has 1 amide bonds. The molecule has 0 fully saturated rings. The summed E-state index contributed by atoms with van der Waals surface area (Å²) in [7, 11) is 1.63. The molecule has 6 nitrogen and oxygen atoms in total. The summed E-state index contributed by atoms with van der Waals surface area (Å²) >= 11 is 1.31. The van der Waals surface area contributed by atoms with Gasteiger partial charge in [0.2, 0.25) is 5.91 Å². The van der Waals surface area contributed by atoms with Crippen LogP contribution in [0.2, 0.25) is 0 Å². The molecule has 0 aliphatic carbocycles. The van der Waals surface area contributed by atoms with E-state index in [4.69, 9.17) is 9.72 Å². The number of methoxy groups -OCH3 is 1. The van der Waals surface area contributed by atoms with Gasteiger partial charge in [-0.05, 0) is 61.4 Å². The van der Waals surface area contributed by atoms with Crippen LogP contribution in [0.15, 0.2) is 84.1 Å². The van der Waals surface area contributed by atoms with Crippen LogP contribution in [0.3, 0.4) is 0 Å². The van der Waals surface area contributed by atoms with Crippen molar-refractivity contribution in [3.63, 3.8) is 0 Å². The Labute approximate surface area is 215 Å².